The second-order valence-corrected chi connectivity index (χ2v) is 7.21. The summed E-state index contributed by atoms with van der Waals surface area (Å²) >= 11 is 0. The van der Waals surface area contributed by atoms with Crippen LogP contribution in [0.15, 0.2) is 34.9 Å². The van der Waals surface area contributed by atoms with Crippen molar-refractivity contribution in [3.8, 4) is 0 Å². The third-order valence-corrected chi connectivity index (χ3v) is 4.78. The zero-order chi connectivity index (χ0) is 17.8. The lowest BCUT2D eigenvalue weighted by atomic mass is 10.1. The highest BCUT2D eigenvalue weighted by molar-refractivity contribution is 5.17. The Hall–Kier alpha value is -1.76. The van der Waals surface area contributed by atoms with Crippen LogP contribution in [0.2, 0.25) is 0 Å². The molecule has 0 aliphatic carbocycles. The maximum atomic E-state index is 10.5. The van der Waals surface area contributed by atoms with E-state index in [0.29, 0.717) is 18.5 Å². The van der Waals surface area contributed by atoms with Crippen molar-refractivity contribution in [2.75, 3.05) is 26.2 Å². The Morgan fingerprint density at radius 2 is 2.00 bits per heavy atom. The Labute approximate surface area is 149 Å². The Bertz CT molecular complexity index is 658. The van der Waals surface area contributed by atoms with E-state index in [0.717, 1.165) is 37.6 Å². The highest BCUT2D eigenvalue weighted by Crippen LogP contribution is 2.19. The highest BCUT2D eigenvalue weighted by atomic mass is 16.5. The number of β-amino-alcohol motifs (C(OH)–C–C–N with tert-alkyl or cyclic N) is 1. The van der Waals surface area contributed by atoms with Crippen molar-refractivity contribution in [3.05, 3.63) is 47.6 Å². The topological polar surface area (TPSA) is 65.6 Å². The number of rotatable bonds is 6. The summed E-state index contributed by atoms with van der Waals surface area (Å²) in [7, 11) is 0. The molecule has 0 radical (unpaired) electrons. The van der Waals surface area contributed by atoms with Gasteiger partial charge in [0.2, 0.25) is 5.89 Å². The van der Waals surface area contributed by atoms with Crippen LogP contribution in [-0.2, 0) is 6.54 Å². The average Bonchev–Trinajstić information content (AvgIpc) is 3.07. The molecule has 1 aromatic carbocycles. The van der Waals surface area contributed by atoms with Crippen molar-refractivity contribution >= 4 is 0 Å². The normalized spacial score (nSPS) is 20.9. The number of piperazine rings is 1. The molecule has 1 saturated heterocycles. The fraction of sp³-hybridized carbons (Fsp3) is 0.579. The number of benzene rings is 1. The van der Waals surface area contributed by atoms with Crippen molar-refractivity contribution < 1.29 is 9.63 Å². The van der Waals surface area contributed by atoms with E-state index in [1.54, 1.807) is 0 Å². The number of aliphatic hydroxyl groups is 1. The fourth-order valence-electron chi connectivity index (χ4n) is 3.25. The van der Waals surface area contributed by atoms with E-state index in [-0.39, 0.29) is 5.92 Å². The molecule has 2 atom stereocenters. The Balaban J connectivity index is 1.51. The van der Waals surface area contributed by atoms with E-state index < -0.39 is 6.10 Å². The van der Waals surface area contributed by atoms with E-state index in [4.69, 9.17) is 4.52 Å². The van der Waals surface area contributed by atoms with Gasteiger partial charge in [-0.2, -0.15) is 4.98 Å². The molecule has 3 rings (SSSR count). The van der Waals surface area contributed by atoms with Gasteiger partial charge < -0.3 is 9.63 Å². The standard InChI is InChI=1S/C19H28N4O2/c1-14(2)19-20-18(21-25-19)13-22-9-10-23(15(3)11-22)12-17(24)16-7-5-4-6-8-16/h4-8,14-15,17,24H,9-13H2,1-3H3/t15-,17-/m1/s1. The number of nitrogens with zero attached hydrogens (tertiary/aromatic N) is 4. The maximum Gasteiger partial charge on any atom is 0.229 e. The lowest BCUT2D eigenvalue weighted by Gasteiger charge is -2.40. The van der Waals surface area contributed by atoms with Gasteiger partial charge in [-0.15, -0.1) is 0 Å². The van der Waals surface area contributed by atoms with Gasteiger partial charge in [0.25, 0.3) is 0 Å². The summed E-state index contributed by atoms with van der Waals surface area (Å²) in [6.07, 6.45) is -0.444. The number of hydrogen-bond acceptors (Lipinski definition) is 6. The van der Waals surface area contributed by atoms with Gasteiger partial charge in [-0.05, 0) is 12.5 Å². The van der Waals surface area contributed by atoms with E-state index in [9.17, 15) is 5.11 Å². The van der Waals surface area contributed by atoms with E-state index in [1.807, 2.05) is 30.3 Å². The van der Waals surface area contributed by atoms with Gasteiger partial charge in [0.05, 0.1) is 12.6 Å². The first kappa shape index (κ1) is 18.0. The van der Waals surface area contributed by atoms with Gasteiger partial charge in [-0.3, -0.25) is 9.80 Å². The van der Waals surface area contributed by atoms with Gasteiger partial charge in [0.1, 0.15) is 0 Å². The third kappa shape index (κ3) is 4.66. The molecule has 0 amide bonds. The number of aliphatic hydroxyl groups excluding tert-OH is 1. The molecule has 2 heterocycles. The van der Waals surface area contributed by atoms with Gasteiger partial charge >= 0.3 is 0 Å². The summed E-state index contributed by atoms with van der Waals surface area (Å²) in [6, 6.07) is 10.2. The van der Waals surface area contributed by atoms with Crippen LogP contribution in [0, 0.1) is 0 Å². The summed E-state index contributed by atoms with van der Waals surface area (Å²) < 4.78 is 5.29. The Morgan fingerprint density at radius 1 is 1.24 bits per heavy atom. The molecule has 1 N–H and O–H groups in total. The summed E-state index contributed by atoms with van der Waals surface area (Å²) in [6.45, 7) is 10.5. The average molecular weight is 344 g/mol. The SMILES string of the molecule is CC(C)c1nc(CN2CCN(C[C@@H](O)c3ccccc3)[C@H](C)C2)no1. The van der Waals surface area contributed by atoms with Gasteiger partial charge in [0, 0.05) is 38.1 Å². The lowest BCUT2D eigenvalue weighted by Crippen LogP contribution is -2.52. The maximum absolute atomic E-state index is 10.5. The molecule has 136 valence electrons. The monoisotopic (exact) mass is 344 g/mol. The van der Waals surface area contributed by atoms with Crippen molar-refractivity contribution in [3.63, 3.8) is 0 Å². The molecule has 1 aliphatic rings. The molecule has 1 aromatic heterocycles. The second-order valence-electron chi connectivity index (χ2n) is 7.21. The molecule has 6 nitrogen and oxygen atoms in total. The highest BCUT2D eigenvalue weighted by Gasteiger charge is 2.26. The first-order chi connectivity index (χ1) is 12.0. The molecule has 25 heavy (non-hydrogen) atoms. The zero-order valence-electron chi connectivity index (χ0n) is 15.3. The van der Waals surface area contributed by atoms with E-state index in [1.165, 1.54) is 0 Å². The predicted molar refractivity (Wildman–Crippen MR) is 96.1 cm³/mol. The van der Waals surface area contributed by atoms with Crippen LogP contribution in [0.25, 0.3) is 0 Å². The molecule has 0 bridgehead atoms. The van der Waals surface area contributed by atoms with Crippen molar-refractivity contribution in [2.24, 2.45) is 0 Å². The van der Waals surface area contributed by atoms with Crippen molar-refractivity contribution in [2.45, 2.75) is 45.4 Å². The summed E-state index contributed by atoms with van der Waals surface area (Å²) in [4.78, 5) is 9.17. The van der Waals surface area contributed by atoms with Crippen LogP contribution in [0.1, 0.15) is 50.1 Å². The predicted octanol–water partition coefficient (Wildman–Crippen LogP) is 2.43. The van der Waals surface area contributed by atoms with Crippen LogP contribution in [0.5, 0.6) is 0 Å². The number of hydrogen-bond donors (Lipinski definition) is 1. The molecule has 0 unspecified atom stereocenters. The quantitative estimate of drug-likeness (QED) is 0.868. The first-order valence-electron chi connectivity index (χ1n) is 9.05. The molecule has 1 aliphatic heterocycles. The van der Waals surface area contributed by atoms with Gasteiger partial charge in [-0.1, -0.05) is 49.3 Å². The molecular formula is C19H28N4O2. The van der Waals surface area contributed by atoms with Crippen molar-refractivity contribution in [1.82, 2.24) is 19.9 Å². The minimum absolute atomic E-state index is 0.261. The first-order valence-corrected chi connectivity index (χ1v) is 9.05. The minimum atomic E-state index is -0.444. The number of aromatic nitrogens is 2. The largest absolute Gasteiger partial charge is 0.387 e. The van der Waals surface area contributed by atoms with Crippen LogP contribution in [0.3, 0.4) is 0 Å². The Kier molecular flexibility index (Phi) is 5.83. The Morgan fingerprint density at radius 3 is 2.64 bits per heavy atom. The molecule has 2 aromatic rings. The minimum Gasteiger partial charge on any atom is -0.387 e. The summed E-state index contributed by atoms with van der Waals surface area (Å²) in [5, 5.41) is 14.5. The van der Waals surface area contributed by atoms with E-state index in [2.05, 4.69) is 40.7 Å². The van der Waals surface area contributed by atoms with Crippen LogP contribution >= 0.6 is 0 Å². The smallest absolute Gasteiger partial charge is 0.229 e. The fourth-order valence-corrected chi connectivity index (χ4v) is 3.25. The van der Waals surface area contributed by atoms with Crippen molar-refractivity contribution in [1.29, 1.82) is 0 Å². The molecule has 0 spiro atoms. The van der Waals surface area contributed by atoms with Gasteiger partial charge in [-0.25, -0.2) is 0 Å². The van der Waals surface area contributed by atoms with E-state index >= 15 is 0 Å². The lowest BCUT2D eigenvalue weighted by molar-refractivity contribution is 0.0351. The summed E-state index contributed by atoms with van der Waals surface area (Å²) in [5.74, 6) is 1.72. The zero-order valence-corrected chi connectivity index (χ0v) is 15.3. The van der Waals surface area contributed by atoms with Crippen LogP contribution in [-0.4, -0.2) is 57.3 Å². The molecule has 1 fully saturated rings. The van der Waals surface area contributed by atoms with Crippen LogP contribution < -0.4 is 0 Å². The van der Waals surface area contributed by atoms with Gasteiger partial charge in [0.15, 0.2) is 5.82 Å². The summed E-state index contributed by atoms with van der Waals surface area (Å²) in [5.41, 5.74) is 0.977. The molecule has 6 heteroatoms. The second kappa shape index (κ2) is 8.08. The van der Waals surface area contributed by atoms with Crippen LogP contribution in [0.4, 0.5) is 0 Å². The molecule has 0 saturated carbocycles. The third-order valence-electron chi connectivity index (χ3n) is 4.78. The molecular weight excluding hydrogens is 316 g/mol.